The van der Waals surface area contributed by atoms with E-state index in [4.69, 9.17) is 18.0 Å². The van der Waals surface area contributed by atoms with E-state index in [9.17, 15) is 9.18 Å². The molecule has 0 saturated carbocycles. The zero-order valence-electron chi connectivity index (χ0n) is 8.05. The molecule has 0 spiro atoms. The van der Waals surface area contributed by atoms with Gasteiger partial charge < -0.3 is 5.32 Å². The molecule has 0 saturated heterocycles. The van der Waals surface area contributed by atoms with Crippen LogP contribution in [0, 0.1) is 18.2 Å². The molecule has 1 N–H and O–H groups in total. The van der Waals surface area contributed by atoms with Crippen LogP contribution in [0.1, 0.15) is 17.3 Å². The maximum absolute atomic E-state index is 13.0. The van der Waals surface area contributed by atoms with Crippen molar-refractivity contribution in [2.45, 2.75) is 13.0 Å². The maximum atomic E-state index is 13.0. The quantitative estimate of drug-likeness (QED) is 0.769. The van der Waals surface area contributed by atoms with E-state index >= 15 is 0 Å². The molecular weight excluding hydrogens is 217 g/mol. The minimum absolute atomic E-state index is 0.0171. The first-order valence-corrected chi connectivity index (χ1v) is 4.64. The van der Waals surface area contributed by atoms with Crippen molar-refractivity contribution in [1.29, 1.82) is 0 Å². The molecule has 0 heterocycles. The van der Waals surface area contributed by atoms with Crippen LogP contribution in [-0.4, -0.2) is 11.9 Å². The molecule has 15 heavy (non-hydrogen) atoms. The highest BCUT2D eigenvalue weighted by Crippen LogP contribution is 2.15. The van der Waals surface area contributed by atoms with Crippen LogP contribution in [-0.2, 0) is 0 Å². The first-order valence-electron chi connectivity index (χ1n) is 4.26. The van der Waals surface area contributed by atoms with Crippen molar-refractivity contribution in [3.8, 4) is 12.3 Å². The predicted molar refractivity (Wildman–Crippen MR) is 57.2 cm³/mol. The molecule has 1 rings (SSSR count). The summed E-state index contributed by atoms with van der Waals surface area (Å²) < 4.78 is 13.0. The number of carbonyl (C=O) groups excluding carboxylic acids is 1. The van der Waals surface area contributed by atoms with Gasteiger partial charge in [0.05, 0.1) is 11.1 Å². The Morgan fingerprint density at radius 2 is 2.33 bits per heavy atom. The highest BCUT2D eigenvalue weighted by atomic mass is 35.5. The van der Waals surface area contributed by atoms with Gasteiger partial charge in [0, 0.05) is 5.56 Å². The molecular formula is C11H9ClFNO. The van der Waals surface area contributed by atoms with Gasteiger partial charge in [0.25, 0.3) is 5.91 Å². The van der Waals surface area contributed by atoms with Crippen molar-refractivity contribution in [2.75, 3.05) is 0 Å². The Balaban J connectivity index is 2.84. The normalized spacial score (nSPS) is 11.6. The van der Waals surface area contributed by atoms with Gasteiger partial charge >= 0.3 is 0 Å². The van der Waals surface area contributed by atoms with Gasteiger partial charge in [-0.25, -0.2) is 4.39 Å². The summed E-state index contributed by atoms with van der Waals surface area (Å²) in [5, 5.41) is 2.49. The van der Waals surface area contributed by atoms with Gasteiger partial charge in [0.15, 0.2) is 0 Å². The summed E-state index contributed by atoms with van der Waals surface area (Å²) in [6.45, 7) is 1.66. The molecule has 0 bridgehead atoms. The second-order valence-electron chi connectivity index (χ2n) is 2.99. The zero-order valence-corrected chi connectivity index (χ0v) is 8.81. The van der Waals surface area contributed by atoms with Crippen LogP contribution in [0.5, 0.6) is 0 Å². The van der Waals surface area contributed by atoms with Crippen LogP contribution >= 0.6 is 11.6 Å². The minimum Gasteiger partial charge on any atom is -0.339 e. The smallest absolute Gasteiger partial charge is 0.252 e. The SMILES string of the molecule is C#CC(C)NC(=O)c1ccc(Cl)c(F)c1. The van der Waals surface area contributed by atoms with Gasteiger partial charge in [-0.2, -0.15) is 0 Å². The lowest BCUT2D eigenvalue weighted by Gasteiger charge is -2.07. The van der Waals surface area contributed by atoms with E-state index in [0.29, 0.717) is 0 Å². The van der Waals surface area contributed by atoms with Crippen molar-refractivity contribution in [3.63, 3.8) is 0 Å². The standard InChI is InChI=1S/C11H9ClFNO/c1-3-7(2)14-11(15)8-4-5-9(12)10(13)6-8/h1,4-7H,2H3,(H,14,15). The first-order chi connectivity index (χ1) is 7.04. The van der Waals surface area contributed by atoms with Crippen LogP contribution in [0.25, 0.3) is 0 Å². The zero-order chi connectivity index (χ0) is 11.4. The number of amides is 1. The predicted octanol–water partition coefficient (Wildman–Crippen LogP) is 2.23. The monoisotopic (exact) mass is 225 g/mol. The number of hydrogen-bond donors (Lipinski definition) is 1. The maximum Gasteiger partial charge on any atom is 0.252 e. The van der Waals surface area contributed by atoms with Crippen LogP contribution in [0.4, 0.5) is 4.39 Å². The lowest BCUT2D eigenvalue weighted by molar-refractivity contribution is 0.0947. The topological polar surface area (TPSA) is 29.1 Å². The summed E-state index contributed by atoms with van der Waals surface area (Å²) in [4.78, 5) is 11.5. The molecule has 0 aliphatic heterocycles. The number of terminal acetylenes is 1. The van der Waals surface area contributed by atoms with Crippen LogP contribution in [0.2, 0.25) is 5.02 Å². The fourth-order valence-corrected chi connectivity index (χ4v) is 1.08. The van der Waals surface area contributed by atoms with Crippen LogP contribution < -0.4 is 5.32 Å². The third-order valence-corrected chi connectivity index (χ3v) is 2.09. The molecule has 0 aliphatic rings. The van der Waals surface area contributed by atoms with E-state index in [2.05, 4.69) is 11.2 Å². The fourth-order valence-electron chi connectivity index (χ4n) is 0.959. The van der Waals surface area contributed by atoms with Gasteiger partial charge in [-0.15, -0.1) is 6.42 Å². The van der Waals surface area contributed by atoms with E-state index in [-0.39, 0.29) is 10.6 Å². The number of benzene rings is 1. The average molecular weight is 226 g/mol. The molecule has 0 aromatic heterocycles. The molecule has 1 amide bonds. The Kier molecular flexibility index (Phi) is 3.70. The van der Waals surface area contributed by atoms with Crippen molar-refractivity contribution >= 4 is 17.5 Å². The summed E-state index contributed by atoms with van der Waals surface area (Å²) >= 11 is 5.48. The molecule has 1 unspecified atom stereocenters. The van der Waals surface area contributed by atoms with E-state index in [1.54, 1.807) is 6.92 Å². The Bertz CT molecular complexity index is 425. The number of carbonyl (C=O) groups is 1. The van der Waals surface area contributed by atoms with E-state index in [1.807, 2.05) is 0 Å². The van der Waals surface area contributed by atoms with Gasteiger partial charge in [0.1, 0.15) is 5.82 Å². The third-order valence-electron chi connectivity index (χ3n) is 1.78. The molecule has 4 heteroatoms. The van der Waals surface area contributed by atoms with Crippen molar-refractivity contribution in [2.24, 2.45) is 0 Å². The summed E-state index contributed by atoms with van der Waals surface area (Å²) in [7, 11) is 0. The molecule has 0 aliphatic carbocycles. The summed E-state index contributed by atoms with van der Waals surface area (Å²) in [6.07, 6.45) is 5.09. The molecule has 2 nitrogen and oxygen atoms in total. The number of nitrogens with one attached hydrogen (secondary N) is 1. The molecule has 0 radical (unpaired) electrons. The highest BCUT2D eigenvalue weighted by Gasteiger charge is 2.10. The highest BCUT2D eigenvalue weighted by molar-refractivity contribution is 6.30. The lowest BCUT2D eigenvalue weighted by atomic mass is 10.2. The molecule has 78 valence electrons. The summed E-state index contributed by atoms with van der Waals surface area (Å²) in [5.74, 6) is 1.29. The molecule has 1 aromatic carbocycles. The number of hydrogen-bond acceptors (Lipinski definition) is 1. The second kappa shape index (κ2) is 4.81. The van der Waals surface area contributed by atoms with Crippen LogP contribution in [0.3, 0.4) is 0 Å². The van der Waals surface area contributed by atoms with Gasteiger partial charge in [0.2, 0.25) is 0 Å². The Morgan fingerprint density at radius 3 is 2.87 bits per heavy atom. The van der Waals surface area contributed by atoms with E-state index in [1.165, 1.54) is 12.1 Å². The molecule has 1 atom stereocenters. The Hall–Kier alpha value is -1.53. The van der Waals surface area contributed by atoms with Crippen molar-refractivity contribution < 1.29 is 9.18 Å². The Labute approximate surface area is 92.4 Å². The van der Waals surface area contributed by atoms with E-state index in [0.717, 1.165) is 6.07 Å². The van der Waals surface area contributed by atoms with Gasteiger partial charge in [-0.3, -0.25) is 4.79 Å². The molecule has 0 fully saturated rings. The van der Waals surface area contributed by atoms with Gasteiger partial charge in [-0.1, -0.05) is 17.5 Å². The number of halogens is 2. The average Bonchev–Trinajstić information content (AvgIpc) is 2.21. The molecule has 1 aromatic rings. The Morgan fingerprint density at radius 1 is 1.67 bits per heavy atom. The summed E-state index contributed by atoms with van der Waals surface area (Å²) in [5.41, 5.74) is 0.194. The third kappa shape index (κ3) is 2.97. The lowest BCUT2D eigenvalue weighted by Crippen LogP contribution is -2.31. The second-order valence-corrected chi connectivity index (χ2v) is 3.40. The number of rotatable bonds is 2. The fraction of sp³-hybridized carbons (Fsp3) is 0.182. The minimum atomic E-state index is -0.627. The summed E-state index contributed by atoms with van der Waals surface area (Å²) in [6, 6.07) is 3.44. The first kappa shape index (κ1) is 11.5. The van der Waals surface area contributed by atoms with Crippen LogP contribution in [0.15, 0.2) is 18.2 Å². The van der Waals surface area contributed by atoms with Crippen molar-refractivity contribution in [3.05, 3.63) is 34.6 Å². The van der Waals surface area contributed by atoms with Crippen molar-refractivity contribution in [1.82, 2.24) is 5.32 Å². The van der Waals surface area contributed by atoms with E-state index < -0.39 is 17.8 Å². The largest absolute Gasteiger partial charge is 0.339 e. The van der Waals surface area contributed by atoms with Gasteiger partial charge in [-0.05, 0) is 25.1 Å².